The quantitative estimate of drug-likeness (QED) is 0.453. The topological polar surface area (TPSA) is 38.0 Å². The minimum absolute atomic E-state index is 0.837. The Kier molecular flexibility index (Phi) is 8.11. The lowest BCUT2D eigenvalue weighted by molar-refractivity contribution is 0.581. The Labute approximate surface area is 118 Å². The van der Waals surface area contributed by atoms with Crippen molar-refractivity contribution in [3.05, 3.63) is 23.8 Å². The zero-order valence-electron chi connectivity index (χ0n) is 12.7. The number of unbranched alkanes of at least 4 members (excludes halogenated alkanes) is 7. The average Bonchev–Trinajstić information content (AvgIpc) is 2.40. The molecular weight excluding hydrogens is 232 g/mol. The van der Waals surface area contributed by atoms with Crippen LogP contribution in [0.15, 0.2) is 18.2 Å². The van der Waals surface area contributed by atoms with E-state index in [1.54, 1.807) is 0 Å². The van der Waals surface area contributed by atoms with E-state index in [2.05, 4.69) is 25.2 Å². The largest absolute Gasteiger partial charge is 0.399 e. The molecule has 0 atom stereocenters. The number of nitrogen functional groups attached to an aromatic ring is 1. The van der Waals surface area contributed by atoms with Crippen LogP contribution in [0.2, 0.25) is 0 Å². The predicted molar refractivity (Wildman–Crippen MR) is 86.7 cm³/mol. The number of nitrogens with one attached hydrogen (secondary N) is 1. The molecule has 0 saturated heterocycles. The van der Waals surface area contributed by atoms with E-state index in [-0.39, 0.29) is 0 Å². The van der Waals surface area contributed by atoms with Crippen molar-refractivity contribution in [1.82, 2.24) is 0 Å². The van der Waals surface area contributed by atoms with Crippen LogP contribution in [0.1, 0.15) is 63.9 Å². The van der Waals surface area contributed by atoms with Crippen LogP contribution in [-0.2, 0) is 0 Å². The van der Waals surface area contributed by atoms with Crippen LogP contribution >= 0.6 is 0 Å². The third-order valence-corrected chi connectivity index (χ3v) is 3.61. The lowest BCUT2D eigenvalue weighted by Gasteiger charge is -2.10. The average molecular weight is 262 g/mol. The van der Waals surface area contributed by atoms with Crippen molar-refractivity contribution >= 4 is 11.4 Å². The highest BCUT2D eigenvalue weighted by molar-refractivity contribution is 5.59. The molecule has 0 radical (unpaired) electrons. The van der Waals surface area contributed by atoms with Gasteiger partial charge in [0.1, 0.15) is 0 Å². The van der Waals surface area contributed by atoms with Crippen LogP contribution in [0.3, 0.4) is 0 Å². The van der Waals surface area contributed by atoms with Crippen LogP contribution in [0.25, 0.3) is 0 Å². The molecule has 0 aliphatic carbocycles. The fraction of sp³-hybridized carbons (Fsp3) is 0.647. The Morgan fingerprint density at radius 3 is 2.26 bits per heavy atom. The summed E-state index contributed by atoms with van der Waals surface area (Å²) in [5.74, 6) is 0. The zero-order valence-corrected chi connectivity index (χ0v) is 12.7. The van der Waals surface area contributed by atoms with Crippen molar-refractivity contribution in [3.8, 4) is 0 Å². The molecule has 0 aromatic heterocycles. The van der Waals surface area contributed by atoms with Crippen molar-refractivity contribution in [2.24, 2.45) is 0 Å². The van der Waals surface area contributed by atoms with Gasteiger partial charge in [0, 0.05) is 17.9 Å². The number of benzene rings is 1. The maximum absolute atomic E-state index is 5.80. The molecular formula is C17H30N2. The molecule has 0 spiro atoms. The second-order valence-corrected chi connectivity index (χ2v) is 5.48. The number of hydrogen-bond donors (Lipinski definition) is 2. The van der Waals surface area contributed by atoms with Crippen molar-refractivity contribution in [2.75, 3.05) is 17.6 Å². The van der Waals surface area contributed by atoms with Crippen LogP contribution < -0.4 is 11.1 Å². The molecule has 19 heavy (non-hydrogen) atoms. The second kappa shape index (κ2) is 9.71. The number of aryl methyl sites for hydroxylation is 1. The maximum atomic E-state index is 5.80. The van der Waals surface area contributed by atoms with Gasteiger partial charge in [-0.25, -0.2) is 0 Å². The van der Waals surface area contributed by atoms with Gasteiger partial charge in [-0.3, -0.25) is 0 Å². The predicted octanol–water partition coefficient (Wildman–Crippen LogP) is 5.13. The molecule has 0 aliphatic heterocycles. The lowest BCUT2D eigenvalue weighted by Crippen LogP contribution is -2.03. The summed E-state index contributed by atoms with van der Waals surface area (Å²) in [4.78, 5) is 0. The summed E-state index contributed by atoms with van der Waals surface area (Å²) < 4.78 is 0. The first kappa shape index (κ1) is 15.9. The van der Waals surface area contributed by atoms with Gasteiger partial charge in [-0.1, -0.05) is 57.9 Å². The fourth-order valence-electron chi connectivity index (χ4n) is 2.31. The minimum Gasteiger partial charge on any atom is -0.399 e. The summed E-state index contributed by atoms with van der Waals surface area (Å²) in [6.07, 6.45) is 10.9. The van der Waals surface area contributed by atoms with Crippen molar-refractivity contribution in [3.63, 3.8) is 0 Å². The van der Waals surface area contributed by atoms with Gasteiger partial charge in [0.2, 0.25) is 0 Å². The van der Waals surface area contributed by atoms with Gasteiger partial charge < -0.3 is 11.1 Å². The van der Waals surface area contributed by atoms with Crippen LogP contribution in [0, 0.1) is 6.92 Å². The van der Waals surface area contributed by atoms with E-state index in [1.165, 1.54) is 62.6 Å². The van der Waals surface area contributed by atoms with Gasteiger partial charge in [0.05, 0.1) is 0 Å². The molecule has 1 aromatic carbocycles. The molecule has 2 nitrogen and oxygen atoms in total. The van der Waals surface area contributed by atoms with Crippen molar-refractivity contribution < 1.29 is 0 Å². The van der Waals surface area contributed by atoms with Gasteiger partial charge in [-0.05, 0) is 31.0 Å². The summed E-state index contributed by atoms with van der Waals surface area (Å²) in [5, 5.41) is 3.48. The highest BCUT2D eigenvalue weighted by Crippen LogP contribution is 2.18. The van der Waals surface area contributed by atoms with E-state index in [1.807, 2.05) is 12.1 Å². The first-order valence-electron chi connectivity index (χ1n) is 7.84. The van der Waals surface area contributed by atoms with E-state index in [9.17, 15) is 0 Å². The Hall–Kier alpha value is -1.18. The smallest absolute Gasteiger partial charge is 0.0390 e. The normalized spacial score (nSPS) is 10.6. The van der Waals surface area contributed by atoms with Crippen LogP contribution in [0.4, 0.5) is 11.4 Å². The molecule has 0 fully saturated rings. The van der Waals surface area contributed by atoms with E-state index in [4.69, 9.17) is 5.73 Å². The number of anilines is 2. The van der Waals surface area contributed by atoms with Gasteiger partial charge in [-0.15, -0.1) is 0 Å². The monoisotopic (exact) mass is 262 g/mol. The SMILES string of the molecule is CCCCCCCCCCNc1cc(N)ccc1C. The molecule has 108 valence electrons. The third kappa shape index (κ3) is 7.09. The van der Waals surface area contributed by atoms with Gasteiger partial charge in [0.15, 0.2) is 0 Å². The first-order valence-corrected chi connectivity index (χ1v) is 7.84. The van der Waals surface area contributed by atoms with Crippen LogP contribution in [-0.4, -0.2) is 6.54 Å². The fourth-order valence-corrected chi connectivity index (χ4v) is 2.31. The van der Waals surface area contributed by atoms with Gasteiger partial charge in [0.25, 0.3) is 0 Å². The summed E-state index contributed by atoms with van der Waals surface area (Å²) in [6, 6.07) is 6.06. The maximum Gasteiger partial charge on any atom is 0.0390 e. The standard InChI is InChI=1S/C17H30N2/c1-3-4-5-6-7-8-9-10-13-19-17-14-16(18)12-11-15(17)2/h11-12,14,19H,3-10,13,18H2,1-2H3. The summed E-state index contributed by atoms with van der Waals surface area (Å²) >= 11 is 0. The Bertz CT molecular complexity index is 347. The van der Waals surface area contributed by atoms with E-state index >= 15 is 0 Å². The van der Waals surface area contributed by atoms with E-state index < -0.39 is 0 Å². The highest BCUT2D eigenvalue weighted by Gasteiger charge is 1.98. The minimum atomic E-state index is 0.837. The van der Waals surface area contributed by atoms with Crippen molar-refractivity contribution in [2.45, 2.75) is 65.2 Å². The summed E-state index contributed by atoms with van der Waals surface area (Å²) in [6.45, 7) is 5.44. The number of hydrogen-bond acceptors (Lipinski definition) is 2. The molecule has 3 N–H and O–H groups in total. The molecule has 0 heterocycles. The van der Waals surface area contributed by atoms with Gasteiger partial charge >= 0.3 is 0 Å². The zero-order chi connectivity index (χ0) is 13.9. The Morgan fingerprint density at radius 1 is 0.947 bits per heavy atom. The highest BCUT2D eigenvalue weighted by atomic mass is 14.9. The first-order chi connectivity index (χ1) is 9.24. The van der Waals surface area contributed by atoms with E-state index in [0.717, 1.165) is 12.2 Å². The summed E-state index contributed by atoms with van der Waals surface area (Å²) in [7, 11) is 0. The second-order valence-electron chi connectivity index (χ2n) is 5.48. The van der Waals surface area contributed by atoms with Gasteiger partial charge in [-0.2, -0.15) is 0 Å². The Balaban J connectivity index is 2.03. The molecule has 0 saturated carbocycles. The van der Waals surface area contributed by atoms with Crippen LogP contribution in [0.5, 0.6) is 0 Å². The molecule has 2 heteroatoms. The number of nitrogens with two attached hydrogens (primary N) is 1. The lowest BCUT2D eigenvalue weighted by atomic mass is 10.1. The number of rotatable bonds is 10. The molecule has 0 bridgehead atoms. The molecule has 0 amide bonds. The van der Waals surface area contributed by atoms with Crippen molar-refractivity contribution in [1.29, 1.82) is 0 Å². The summed E-state index contributed by atoms with van der Waals surface area (Å²) in [5.41, 5.74) is 9.09. The molecule has 0 aliphatic rings. The third-order valence-electron chi connectivity index (χ3n) is 3.61. The Morgan fingerprint density at radius 2 is 1.58 bits per heavy atom. The molecule has 1 rings (SSSR count). The van der Waals surface area contributed by atoms with E-state index in [0.29, 0.717) is 0 Å². The molecule has 1 aromatic rings. The molecule has 0 unspecified atom stereocenters.